The summed E-state index contributed by atoms with van der Waals surface area (Å²) in [4.78, 5) is 36.8. The second kappa shape index (κ2) is 11.0. The van der Waals surface area contributed by atoms with E-state index in [2.05, 4.69) is 18.1 Å². The predicted molar refractivity (Wildman–Crippen MR) is 108 cm³/mol. The number of aliphatic carboxylic acids is 1. The van der Waals surface area contributed by atoms with E-state index >= 15 is 0 Å². The van der Waals surface area contributed by atoms with Crippen LogP contribution in [0, 0.1) is 11.8 Å². The van der Waals surface area contributed by atoms with E-state index in [1.54, 1.807) is 12.1 Å². The molecule has 6 nitrogen and oxygen atoms in total. The van der Waals surface area contributed by atoms with Crippen molar-refractivity contribution in [3.8, 4) is 0 Å². The number of hydrogen-bond acceptors (Lipinski definition) is 4. The van der Waals surface area contributed by atoms with E-state index in [0.717, 1.165) is 9.87 Å². The molecule has 0 saturated carbocycles. The minimum atomic E-state index is -1.14. The first-order chi connectivity index (χ1) is 12.6. The summed E-state index contributed by atoms with van der Waals surface area (Å²) < 4.78 is 0.942. The molecular formula is C20H30N2O4S. The lowest BCUT2D eigenvalue weighted by atomic mass is 10.0. The molecule has 7 heteroatoms. The van der Waals surface area contributed by atoms with E-state index < -0.39 is 24.0 Å². The van der Waals surface area contributed by atoms with E-state index in [0.29, 0.717) is 12.8 Å². The molecule has 0 radical (unpaired) electrons. The Morgan fingerprint density at radius 2 is 1.67 bits per heavy atom. The van der Waals surface area contributed by atoms with Crippen molar-refractivity contribution < 1.29 is 19.5 Å². The fourth-order valence-corrected chi connectivity index (χ4v) is 3.07. The van der Waals surface area contributed by atoms with Crippen LogP contribution in [0.1, 0.15) is 46.1 Å². The van der Waals surface area contributed by atoms with Crippen molar-refractivity contribution >= 4 is 30.6 Å². The van der Waals surface area contributed by atoms with E-state index in [1.807, 2.05) is 45.9 Å². The smallest absolute Gasteiger partial charge is 0.327 e. The Hall–Kier alpha value is -2.02. The Morgan fingerprint density at radius 3 is 2.15 bits per heavy atom. The summed E-state index contributed by atoms with van der Waals surface area (Å²) >= 11 is 4.20. The molecule has 0 bridgehead atoms. The first-order valence-electron chi connectivity index (χ1n) is 9.19. The molecule has 1 aromatic rings. The van der Waals surface area contributed by atoms with Gasteiger partial charge in [-0.25, -0.2) is 4.79 Å². The fourth-order valence-electron chi connectivity index (χ4n) is 2.75. The number of benzene rings is 1. The average molecular weight is 395 g/mol. The number of carbonyl (C=O) groups excluding carboxylic acids is 2. The van der Waals surface area contributed by atoms with Crippen LogP contribution in [-0.4, -0.2) is 39.3 Å². The number of hydrogen-bond donors (Lipinski definition) is 3. The zero-order valence-corrected chi connectivity index (χ0v) is 17.3. The molecule has 1 aromatic carbocycles. The lowest BCUT2D eigenvalue weighted by Gasteiger charge is -2.29. The normalized spacial score (nSPS) is 13.3. The molecule has 27 heavy (non-hydrogen) atoms. The summed E-state index contributed by atoms with van der Waals surface area (Å²) in [5.74, 6) is -1.55. The molecule has 150 valence electrons. The monoisotopic (exact) mass is 394 g/mol. The van der Waals surface area contributed by atoms with Crippen molar-refractivity contribution in [3.05, 3.63) is 35.9 Å². The van der Waals surface area contributed by atoms with Gasteiger partial charge in [-0.05, 0) is 23.8 Å². The highest BCUT2D eigenvalue weighted by Crippen LogP contribution is 2.16. The number of nitrogens with one attached hydrogen (secondary N) is 1. The highest BCUT2D eigenvalue weighted by Gasteiger charge is 2.33. The predicted octanol–water partition coefficient (Wildman–Crippen LogP) is 2.93. The van der Waals surface area contributed by atoms with Gasteiger partial charge in [-0.1, -0.05) is 70.8 Å². The Bertz CT molecular complexity index is 634. The Balaban J connectivity index is 2.94. The van der Waals surface area contributed by atoms with Gasteiger partial charge in [0.1, 0.15) is 12.1 Å². The molecule has 0 spiro atoms. The highest BCUT2D eigenvalue weighted by atomic mass is 32.1. The molecule has 0 aliphatic heterocycles. The molecule has 0 unspecified atom stereocenters. The standard InChI is InChI=1S/C20H30N2O4S/c1-13(2)10-16(21-18(23)11-14(3)4)19(24)22(27)17(20(25)26)12-15-8-6-5-7-9-15/h5-9,13-14,16-17,27H,10-12H2,1-4H3,(H,21,23)(H,25,26)/t16-,17-/m0/s1. The van der Waals surface area contributed by atoms with E-state index in [-0.39, 0.29) is 24.2 Å². The second-order valence-electron chi connectivity index (χ2n) is 7.57. The largest absolute Gasteiger partial charge is 0.480 e. The summed E-state index contributed by atoms with van der Waals surface area (Å²) in [6.07, 6.45) is 0.859. The molecule has 1 rings (SSSR count). The molecule has 0 heterocycles. The van der Waals surface area contributed by atoms with Crippen LogP contribution in [0.25, 0.3) is 0 Å². The maximum absolute atomic E-state index is 12.9. The number of carboxylic acids is 1. The molecule has 0 saturated heterocycles. The summed E-state index contributed by atoms with van der Waals surface area (Å²) in [5.41, 5.74) is 0.793. The lowest BCUT2D eigenvalue weighted by molar-refractivity contribution is -0.146. The van der Waals surface area contributed by atoms with Crippen LogP contribution in [-0.2, 0) is 20.8 Å². The Labute approximate surface area is 166 Å². The van der Waals surface area contributed by atoms with Crippen LogP contribution in [0.15, 0.2) is 30.3 Å². The molecule has 2 N–H and O–H groups in total. The first kappa shape index (κ1) is 23.0. The second-order valence-corrected chi connectivity index (χ2v) is 8.01. The molecule has 2 atom stereocenters. The zero-order valence-electron chi connectivity index (χ0n) is 16.4. The topological polar surface area (TPSA) is 86.7 Å². The van der Waals surface area contributed by atoms with Gasteiger partial charge in [0.25, 0.3) is 5.91 Å². The van der Waals surface area contributed by atoms with Crippen LogP contribution in [0.2, 0.25) is 0 Å². The number of amides is 2. The maximum atomic E-state index is 12.9. The Morgan fingerprint density at radius 1 is 1.07 bits per heavy atom. The fraction of sp³-hybridized carbons (Fsp3) is 0.550. The minimum Gasteiger partial charge on any atom is -0.480 e. The van der Waals surface area contributed by atoms with Crippen LogP contribution < -0.4 is 5.32 Å². The van der Waals surface area contributed by atoms with Crippen molar-refractivity contribution in [2.75, 3.05) is 0 Å². The van der Waals surface area contributed by atoms with Gasteiger partial charge in [0.05, 0.1) is 0 Å². The third kappa shape index (κ3) is 8.03. The van der Waals surface area contributed by atoms with Gasteiger partial charge in [-0.3, -0.25) is 13.9 Å². The first-order valence-corrected chi connectivity index (χ1v) is 9.59. The molecular weight excluding hydrogens is 364 g/mol. The van der Waals surface area contributed by atoms with Crippen LogP contribution >= 0.6 is 12.8 Å². The van der Waals surface area contributed by atoms with Crippen LogP contribution in [0.5, 0.6) is 0 Å². The van der Waals surface area contributed by atoms with Gasteiger partial charge < -0.3 is 10.4 Å². The summed E-state index contributed by atoms with van der Waals surface area (Å²) in [7, 11) is 0. The van der Waals surface area contributed by atoms with Gasteiger partial charge in [-0.15, -0.1) is 0 Å². The minimum absolute atomic E-state index is 0.139. The van der Waals surface area contributed by atoms with Crippen LogP contribution in [0.4, 0.5) is 0 Å². The highest BCUT2D eigenvalue weighted by molar-refractivity contribution is 7.78. The zero-order chi connectivity index (χ0) is 20.6. The summed E-state index contributed by atoms with van der Waals surface area (Å²) in [6.45, 7) is 7.72. The Kier molecular flexibility index (Phi) is 9.35. The molecule has 0 aliphatic carbocycles. The molecule has 0 fully saturated rings. The van der Waals surface area contributed by atoms with Crippen molar-refractivity contribution in [3.63, 3.8) is 0 Å². The number of thiol groups is 1. The van der Waals surface area contributed by atoms with Gasteiger partial charge in [-0.2, -0.15) is 0 Å². The number of rotatable bonds is 10. The third-order valence-electron chi connectivity index (χ3n) is 4.01. The van der Waals surface area contributed by atoms with E-state index in [4.69, 9.17) is 0 Å². The van der Waals surface area contributed by atoms with E-state index in [9.17, 15) is 19.5 Å². The summed E-state index contributed by atoms with van der Waals surface area (Å²) in [6, 6.07) is 7.15. The van der Waals surface area contributed by atoms with Crippen molar-refractivity contribution in [2.24, 2.45) is 11.8 Å². The van der Waals surface area contributed by atoms with Gasteiger partial charge in [0.15, 0.2) is 0 Å². The lowest BCUT2D eigenvalue weighted by Crippen LogP contribution is -2.51. The molecule has 0 aromatic heterocycles. The third-order valence-corrected chi connectivity index (χ3v) is 4.49. The van der Waals surface area contributed by atoms with Gasteiger partial charge in [0, 0.05) is 12.8 Å². The van der Waals surface area contributed by atoms with Crippen molar-refractivity contribution in [1.82, 2.24) is 9.62 Å². The van der Waals surface area contributed by atoms with Gasteiger partial charge in [0.2, 0.25) is 5.91 Å². The average Bonchev–Trinajstić information content (AvgIpc) is 2.57. The number of carbonyl (C=O) groups is 3. The number of carboxylic acid groups (broad SMARTS) is 1. The quantitative estimate of drug-likeness (QED) is 0.533. The SMILES string of the molecule is CC(C)CC(=O)N[C@@H](CC(C)C)C(=O)N(S)[C@@H](Cc1ccccc1)C(=O)O. The van der Waals surface area contributed by atoms with E-state index in [1.165, 1.54) is 0 Å². The van der Waals surface area contributed by atoms with Crippen molar-refractivity contribution in [1.29, 1.82) is 0 Å². The van der Waals surface area contributed by atoms with Crippen LogP contribution in [0.3, 0.4) is 0 Å². The summed E-state index contributed by atoms with van der Waals surface area (Å²) in [5, 5.41) is 12.3. The van der Waals surface area contributed by atoms with Crippen molar-refractivity contribution in [2.45, 2.75) is 59.0 Å². The number of nitrogens with zero attached hydrogens (tertiary/aromatic N) is 1. The van der Waals surface area contributed by atoms with Gasteiger partial charge >= 0.3 is 5.97 Å². The molecule has 2 amide bonds. The maximum Gasteiger partial charge on any atom is 0.327 e. The molecule has 0 aliphatic rings.